The van der Waals surface area contributed by atoms with Gasteiger partial charge in [-0.3, -0.25) is 0 Å². The summed E-state index contributed by atoms with van der Waals surface area (Å²) in [6.07, 6.45) is 1.99. The minimum absolute atomic E-state index is 0.735. The lowest BCUT2D eigenvalue weighted by Gasteiger charge is -1.90. The average Bonchev–Trinajstić information content (AvgIpc) is 2.00. The Labute approximate surface area is 71.0 Å². The molecule has 0 aliphatic carbocycles. The summed E-state index contributed by atoms with van der Waals surface area (Å²) in [5, 5.41) is 0. The van der Waals surface area contributed by atoms with Crippen molar-refractivity contribution in [1.29, 1.82) is 0 Å². The van der Waals surface area contributed by atoms with E-state index in [4.69, 9.17) is 0 Å². The van der Waals surface area contributed by atoms with Crippen LogP contribution < -0.4 is 0 Å². The lowest BCUT2D eigenvalue weighted by atomic mass is 10.4. The molecule has 0 aliphatic heterocycles. The van der Waals surface area contributed by atoms with Gasteiger partial charge in [-0.25, -0.2) is 9.59 Å². The van der Waals surface area contributed by atoms with Crippen molar-refractivity contribution in [2.24, 2.45) is 0 Å². The van der Waals surface area contributed by atoms with Crippen LogP contribution in [0.1, 0.15) is 13.8 Å². The highest BCUT2D eigenvalue weighted by atomic mass is 16.6. The van der Waals surface area contributed by atoms with E-state index in [9.17, 15) is 9.59 Å². The molecule has 0 saturated carbocycles. The molecule has 0 atom stereocenters. The van der Waals surface area contributed by atoms with E-state index in [1.807, 2.05) is 0 Å². The minimum atomic E-state index is -0.758. The zero-order chi connectivity index (χ0) is 9.56. The lowest BCUT2D eigenvalue weighted by Crippen LogP contribution is -2.06. The Bertz CT molecular complexity index is 263. The van der Waals surface area contributed by atoms with Crippen LogP contribution in [0, 0.1) is 0 Å². The molecule has 3 heteroatoms. The molecule has 0 unspecified atom stereocenters. The topological polar surface area (TPSA) is 43.4 Å². The molecule has 0 amide bonds. The molecule has 12 heavy (non-hydrogen) atoms. The molecular weight excluding hydrogens is 156 g/mol. The zero-order valence-electron chi connectivity index (χ0n) is 7.09. The van der Waals surface area contributed by atoms with Crippen LogP contribution in [-0.4, -0.2) is 11.9 Å². The number of esters is 2. The Morgan fingerprint density at radius 3 is 2.33 bits per heavy atom. The summed E-state index contributed by atoms with van der Waals surface area (Å²) in [6.45, 7) is 6.70. The second-order valence-corrected chi connectivity index (χ2v) is 2.23. The predicted molar refractivity (Wildman–Crippen MR) is 44.2 cm³/mol. The number of carbonyl (C=O) groups excluding carboxylic acids is 2. The first-order chi connectivity index (χ1) is 5.56. The molecule has 0 bridgehead atoms. The molecule has 64 valence electrons. The third kappa shape index (κ3) is 5.21. The number of carbonyl (C=O) groups is 2. The van der Waals surface area contributed by atoms with Crippen LogP contribution in [0.2, 0.25) is 0 Å². The summed E-state index contributed by atoms with van der Waals surface area (Å²) >= 11 is 0. The molecule has 0 aliphatic rings. The molecule has 3 nitrogen and oxygen atoms in total. The van der Waals surface area contributed by atoms with Crippen LogP contribution in [0.4, 0.5) is 0 Å². The van der Waals surface area contributed by atoms with E-state index in [-0.39, 0.29) is 0 Å². The van der Waals surface area contributed by atoms with Gasteiger partial charge in [0.05, 0.1) is 6.08 Å². The van der Waals surface area contributed by atoms with Crippen molar-refractivity contribution >= 4 is 11.9 Å². The summed E-state index contributed by atoms with van der Waals surface area (Å²) in [5.41, 5.74) is 3.44. The van der Waals surface area contributed by atoms with E-state index in [0.717, 1.165) is 17.7 Å². The van der Waals surface area contributed by atoms with Gasteiger partial charge in [0.1, 0.15) is 0 Å². The predicted octanol–water partition coefficient (Wildman–Crippen LogP) is 1.36. The molecule has 0 N–H and O–H groups in total. The van der Waals surface area contributed by atoms with E-state index in [1.54, 1.807) is 13.8 Å². The van der Waals surface area contributed by atoms with Crippen molar-refractivity contribution in [3.63, 3.8) is 0 Å². The van der Waals surface area contributed by atoms with E-state index in [1.165, 1.54) is 0 Å². The number of hydrogen-bond acceptors (Lipinski definition) is 3. The molecule has 0 spiro atoms. The largest absolute Gasteiger partial charge is 0.386 e. The van der Waals surface area contributed by atoms with Crippen molar-refractivity contribution in [3.8, 4) is 0 Å². The van der Waals surface area contributed by atoms with Crippen LogP contribution in [0.15, 0.2) is 30.0 Å². The van der Waals surface area contributed by atoms with Gasteiger partial charge < -0.3 is 4.74 Å². The second kappa shape index (κ2) is 5.10. The van der Waals surface area contributed by atoms with Crippen LogP contribution in [0.3, 0.4) is 0 Å². The van der Waals surface area contributed by atoms with E-state index < -0.39 is 11.9 Å². The Hall–Kier alpha value is -1.60. The van der Waals surface area contributed by atoms with Crippen molar-refractivity contribution in [3.05, 3.63) is 30.0 Å². The normalized spacial score (nSPS) is 7.83. The Morgan fingerprint density at radius 1 is 1.33 bits per heavy atom. The second-order valence-electron chi connectivity index (χ2n) is 2.23. The zero-order valence-corrected chi connectivity index (χ0v) is 7.09. The third-order valence-electron chi connectivity index (χ3n) is 0.847. The summed E-state index contributed by atoms with van der Waals surface area (Å²) in [5.74, 6) is -1.49. The lowest BCUT2D eigenvalue weighted by molar-refractivity contribution is -0.152. The molecule has 0 heterocycles. The molecule has 0 fully saturated rings. The van der Waals surface area contributed by atoms with Gasteiger partial charge in [-0.2, -0.15) is 0 Å². The summed E-state index contributed by atoms with van der Waals surface area (Å²) < 4.78 is 4.22. The average molecular weight is 166 g/mol. The van der Waals surface area contributed by atoms with Crippen LogP contribution in [0.5, 0.6) is 0 Å². The van der Waals surface area contributed by atoms with E-state index in [2.05, 4.69) is 17.0 Å². The molecule has 0 aromatic rings. The number of ether oxygens (including phenoxy) is 1. The molecule has 0 aromatic heterocycles. The van der Waals surface area contributed by atoms with Gasteiger partial charge in [0, 0.05) is 6.08 Å². The fourth-order valence-corrected chi connectivity index (χ4v) is 0.374. The minimum Gasteiger partial charge on any atom is -0.386 e. The van der Waals surface area contributed by atoms with Crippen molar-refractivity contribution in [2.45, 2.75) is 13.8 Å². The standard InChI is InChI=1S/C9H10O3/c1-4-8(10)12-9(11)6-5-7(2)3/h4,6H,1H2,2-3H3. The molecule has 0 saturated heterocycles. The fourth-order valence-electron chi connectivity index (χ4n) is 0.374. The summed E-state index contributed by atoms with van der Waals surface area (Å²) in [4.78, 5) is 21.1. The highest BCUT2D eigenvalue weighted by Gasteiger charge is 2.00. The summed E-state index contributed by atoms with van der Waals surface area (Å²) in [7, 11) is 0. The quantitative estimate of drug-likeness (QED) is 0.269. The molecular formula is C9H10O3. The van der Waals surface area contributed by atoms with Gasteiger partial charge in [-0.1, -0.05) is 6.58 Å². The highest BCUT2D eigenvalue weighted by Crippen LogP contribution is 1.86. The first-order valence-corrected chi connectivity index (χ1v) is 3.34. The SMILES string of the molecule is C=CC(=O)OC(=O)C=C=C(C)C. The van der Waals surface area contributed by atoms with Gasteiger partial charge in [0.25, 0.3) is 0 Å². The maximum absolute atomic E-state index is 10.7. The smallest absolute Gasteiger partial charge is 0.346 e. The Balaban J connectivity index is 4.17. The van der Waals surface area contributed by atoms with E-state index in [0.29, 0.717) is 0 Å². The monoisotopic (exact) mass is 166 g/mol. The van der Waals surface area contributed by atoms with Gasteiger partial charge in [0.15, 0.2) is 0 Å². The van der Waals surface area contributed by atoms with E-state index >= 15 is 0 Å². The maximum atomic E-state index is 10.7. The molecule has 0 aromatic carbocycles. The summed E-state index contributed by atoms with van der Waals surface area (Å²) in [6, 6.07) is 0. The van der Waals surface area contributed by atoms with Crippen molar-refractivity contribution in [1.82, 2.24) is 0 Å². The van der Waals surface area contributed by atoms with Gasteiger partial charge in [-0.15, -0.1) is 5.73 Å². The van der Waals surface area contributed by atoms with Gasteiger partial charge >= 0.3 is 11.9 Å². The van der Waals surface area contributed by atoms with Crippen LogP contribution in [-0.2, 0) is 14.3 Å². The van der Waals surface area contributed by atoms with Crippen molar-refractivity contribution in [2.75, 3.05) is 0 Å². The highest BCUT2D eigenvalue weighted by molar-refractivity contribution is 5.96. The first kappa shape index (κ1) is 10.4. The Morgan fingerprint density at radius 2 is 1.92 bits per heavy atom. The number of rotatable bonds is 2. The number of hydrogen-bond donors (Lipinski definition) is 0. The van der Waals surface area contributed by atoms with Gasteiger partial charge in [0.2, 0.25) is 0 Å². The van der Waals surface area contributed by atoms with Crippen LogP contribution in [0.25, 0.3) is 0 Å². The van der Waals surface area contributed by atoms with Gasteiger partial charge in [-0.05, 0) is 19.4 Å². The maximum Gasteiger partial charge on any atom is 0.346 e. The molecule has 0 radical (unpaired) electrons. The molecule has 0 rings (SSSR count). The third-order valence-corrected chi connectivity index (χ3v) is 0.847. The van der Waals surface area contributed by atoms with Crippen molar-refractivity contribution < 1.29 is 14.3 Å². The first-order valence-electron chi connectivity index (χ1n) is 3.34. The Kier molecular flexibility index (Phi) is 4.42. The fraction of sp³-hybridized carbons (Fsp3) is 0.222. The van der Waals surface area contributed by atoms with Crippen LogP contribution >= 0.6 is 0 Å².